The maximum Gasteiger partial charge on any atom is 0.234 e. The summed E-state index contributed by atoms with van der Waals surface area (Å²) in [7, 11) is 3.16. The monoisotopic (exact) mass is 395 g/mol. The summed E-state index contributed by atoms with van der Waals surface area (Å²) in [5.74, 6) is 1.52. The van der Waals surface area contributed by atoms with E-state index >= 15 is 0 Å². The van der Waals surface area contributed by atoms with Crippen LogP contribution in [0.25, 0.3) is 0 Å². The summed E-state index contributed by atoms with van der Waals surface area (Å²) in [4.78, 5) is 13.2. The Hall–Kier alpha value is -1.66. The molecule has 0 heterocycles. The minimum atomic E-state index is -0.0618. The summed E-state index contributed by atoms with van der Waals surface area (Å²) in [6.45, 7) is 1.92. The van der Waals surface area contributed by atoms with Gasteiger partial charge in [-0.2, -0.15) is 0 Å². The van der Waals surface area contributed by atoms with Gasteiger partial charge in [0.05, 0.1) is 20.0 Å². The number of carbonyl (C=O) groups is 1. The number of halogens is 1. The fraction of sp³-hybridized carbons (Fsp3) is 0.235. The van der Waals surface area contributed by atoms with Crippen molar-refractivity contribution in [1.82, 2.24) is 0 Å². The molecule has 0 aliphatic heterocycles. The van der Waals surface area contributed by atoms with E-state index in [-0.39, 0.29) is 5.91 Å². The van der Waals surface area contributed by atoms with Crippen LogP contribution in [0, 0.1) is 6.92 Å². The van der Waals surface area contributed by atoms with Gasteiger partial charge in [0, 0.05) is 21.1 Å². The van der Waals surface area contributed by atoms with E-state index in [9.17, 15) is 4.79 Å². The number of aryl methyl sites for hydroxylation is 1. The van der Waals surface area contributed by atoms with Gasteiger partial charge in [0.1, 0.15) is 0 Å². The number of nitrogens with one attached hydrogen (secondary N) is 1. The van der Waals surface area contributed by atoms with Crippen molar-refractivity contribution in [2.24, 2.45) is 0 Å². The first-order valence-corrected chi connectivity index (χ1v) is 8.72. The molecule has 0 aliphatic rings. The molecule has 0 bridgehead atoms. The third kappa shape index (κ3) is 4.91. The maximum absolute atomic E-state index is 12.1. The normalized spacial score (nSPS) is 10.3. The number of carbonyl (C=O) groups excluding carboxylic acids is 1. The van der Waals surface area contributed by atoms with Gasteiger partial charge in [-0.25, -0.2) is 0 Å². The average Bonchev–Trinajstić information content (AvgIpc) is 2.55. The Bertz CT molecular complexity index is 689. The highest BCUT2D eigenvalue weighted by Crippen LogP contribution is 2.33. The highest BCUT2D eigenvalue weighted by molar-refractivity contribution is 9.10. The Balaban J connectivity index is 2.01. The van der Waals surface area contributed by atoms with Crippen LogP contribution in [0.15, 0.2) is 45.8 Å². The summed E-state index contributed by atoms with van der Waals surface area (Å²) < 4.78 is 11.5. The fourth-order valence-corrected chi connectivity index (χ4v) is 2.94. The molecule has 2 aromatic carbocycles. The first kappa shape index (κ1) is 17.7. The van der Waals surface area contributed by atoms with Crippen LogP contribution in [-0.4, -0.2) is 25.9 Å². The Labute approximate surface area is 148 Å². The molecule has 0 spiro atoms. The number of anilines is 1. The smallest absolute Gasteiger partial charge is 0.234 e. The number of rotatable bonds is 6. The van der Waals surface area contributed by atoms with E-state index in [2.05, 4.69) is 21.2 Å². The molecule has 0 atom stereocenters. The molecule has 0 saturated heterocycles. The van der Waals surface area contributed by atoms with E-state index in [0.717, 1.165) is 20.6 Å². The maximum atomic E-state index is 12.1. The van der Waals surface area contributed by atoms with Crippen molar-refractivity contribution >= 4 is 39.3 Å². The molecule has 1 amide bonds. The zero-order chi connectivity index (χ0) is 16.8. The van der Waals surface area contributed by atoms with Gasteiger partial charge in [-0.15, -0.1) is 11.8 Å². The van der Waals surface area contributed by atoms with Gasteiger partial charge in [0.25, 0.3) is 0 Å². The SMILES string of the molecule is COc1cc(C)c(NC(=O)CSc2ccc(Br)cc2)cc1OC. The van der Waals surface area contributed by atoms with Gasteiger partial charge in [0.2, 0.25) is 5.91 Å². The van der Waals surface area contributed by atoms with Gasteiger partial charge in [0.15, 0.2) is 11.5 Å². The van der Waals surface area contributed by atoms with Crippen LogP contribution in [0.3, 0.4) is 0 Å². The van der Waals surface area contributed by atoms with E-state index in [0.29, 0.717) is 17.3 Å². The summed E-state index contributed by atoms with van der Waals surface area (Å²) in [5.41, 5.74) is 1.65. The van der Waals surface area contributed by atoms with Crippen molar-refractivity contribution in [2.45, 2.75) is 11.8 Å². The minimum Gasteiger partial charge on any atom is -0.493 e. The van der Waals surface area contributed by atoms with Crippen LogP contribution in [0.1, 0.15) is 5.56 Å². The number of amides is 1. The largest absolute Gasteiger partial charge is 0.493 e. The van der Waals surface area contributed by atoms with Crippen molar-refractivity contribution in [3.63, 3.8) is 0 Å². The van der Waals surface area contributed by atoms with Gasteiger partial charge in [-0.1, -0.05) is 15.9 Å². The van der Waals surface area contributed by atoms with Crippen LogP contribution >= 0.6 is 27.7 Å². The molecular formula is C17H18BrNO3S. The lowest BCUT2D eigenvalue weighted by Gasteiger charge is -2.13. The van der Waals surface area contributed by atoms with Gasteiger partial charge in [-0.3, -0.25) is 4.79 Å². The van der Waals surface area contributed by atoms with Crippen LogP contribution in [0.2, 0.25) is 0 Å². The second kappa shape index (κ2) is 8.26. The Morgan fingerprint density at radius 1 is 1.13 bits per heavy atom. The predicted octanol–water partition coefficient (Wildman–Crippen LogP) is 4.51. The van der Waals surface area contributed by atoms with E-state index < -0.39 is 0 Å². The van der Waals surface area contributed by atoms with E-state index in [1.807, 2.05) is 37.3 Å². The molecule has 0 aliphatic carbocycles. The summed E-state index contributed by atoms with van der Waals surface area (Å²) in [5, 5.41) is 2.91. The van der Waals surface area contributed by atoms with Crippen molar-refractivity contribution < 1.29 is 14.3 Å². The van der Waals surface area contributed by atoms with E-state index in [1.54, 1.807) is 20.3 Å². The zero-order valence-electron chi connectivity index (χ0n) is 13.2. The molecular weight excluding hydrogens is 378 g/mol. The number of ether oxygens (including phenoxy) is 2. The standard InChI is InChI=1S/C17H18BrNO3S/c1-11-8-15(21-2)16(22-3)9-14(11)19-17(20)10-23-13-6-4-12(18)5-7-13/h4-9H,10H2,1-3H3,(H,19,20). The lowest BCUT2D eigenvalue weighted by molar-refractivity contribution is -0.113. The summed E-state index contributed by atoms with van der Waals surface area (Å²) in [6.07, 6.45) is 0. The predicted molar refractivity (Wildman–Crippen MR) is 97.8 cm³/mol. The van der Waals surface area contributed by atoms with Crippen LogP contribution in [0.5, 0.6) is 11.5 Å². The molecule has 0 saturated carbocycles. The van der Waals surface area contributed by atoms with Crippen molar-refractivity contribution in [3.05, 3.63) is 46.4 Å². The first-order chi connectivity index (χ1) is 11.0. The molecule has 4 nitrogen and oxygen atoms in total. The number of thioether (sulfide) groups is 1. The highest BCUT2D eigenvalue weighted by Gasteiger charge is 2.11. The second-order valence-corrected chi connectivity index (χ2v) is 6.78. The van der Waals surface area contributed by atoms with Crippen molar-refractivity contribution in [2.75, 3.05) is 25.3 Å². The molecule has 1 N–H and O–H groups in total. The molecule has 6 heteroatoms. The zero-order valence-corrected chi connectivity index (χ0v) is 15.6. The average molecular weight is 396 g/mol. The third-order valence-electron chi connectivity index (χ3n) is 3.19. The molecule has 122 valence electrons. The number of hydrogen-bond acceptors (Lipinski definition) is 4. The van der Waals surface area contributed by atoms with Crippen LogP contribution in [-0.2, 0) is 4.79 Å². The lowest BCUT2D eigenvalue weighted by atomic mass is 10.1. The van der Waals surface area contributed by atoms with Crippen LogP contribution in [0.4, 0.5) is 5.69 Å². The molecule has 0 aromatic heterocycles. The number of methoxy groups -OCH3 is 2. The lowest BCUT2D eigenvalue weighted by Crippen LogP contribution is -2.15. The van der Waals surface area contributed by atoms with Gasteiger partial charge < -0.3 is 14.8 Å². The molecule has 0 fully saturated rings. The fourth-order valence-electron chi connectivity index (χ4n) is 1.98. The molecule has 2 aromatic rings. The second-order valence-electron chi connectivity index (χ2n) is 4.81. The quantitative estimate of drug-likeness (QED) is 0.731. The first-order valence-electron chi connectivity index (χ1n) is 6.94. The molecule has 0 unspecified atom stereocenters. The Morgan fingerprint density at radius 2 is 1.74 bits per heavy atom. The van der Waals surface area contributed by atoms with E-state index in [1.165, 1.54) is 11.8 Å². The van der Waals surface area contributed by atoms with Crippen molar-refractivity contribution in [1.29, 1.82) is 0 Å². The summed E-state index contributed by atoms with van der Waals surface area (Å²) in [6, 6.07) is 11.5. The Kier molecular flexibility index (Phi) is 6.36. The molecule has 0 radical (unpaired) electrons. The molecule has 23 heavy (non-hydrogen) atoms. The third-order valence-corrected chi connectivity index (χ3v) is 4.73. The number of benzene rings is 2. The Morgan fingerprint density at radius 3 is 2.35 bits per heavy atom. The minimum absolute atomic E-state index is 0.0618. The van der Waals surface area contributed by atoms with Crippen molar-refractivity contribution in [3.8, 4) is 11.5 Å². The summed E-state index contributed by atoms with van der Waals surface area (Å²) >= 11 is 4.88. The topological polar surface area (TPSA) is 47.6 Å². The number of hydrogen-bond donors (Lipinski definition) is 1. The van der Waals surface area contributed by atoms with E-state index in [4.69, 9.17) is 9.47 Å². The van der Waals surface area contributed by atoms with Gasteiger partial charge >= 0.3 is 0 Å². The molecule has 2 rings (SSSR count). The highest BCUT2D eigenvalue weighted by atomic mass is 79.9. The van der Waals surface area contributed by atoms with Crippen LogP contribution < -0.4 is 14.8 Å². The van der Waals surface area contributed by atoms with Gasteiger partial charge in [-0.05, 0) is 42.8 Å².